The predicted molar refractivity (Wildman–Crippen MR) is 79.3 cm³/mol. The fourth-order valence-electron chi connectivity index (χ4n) is 3.25. The first kappa shape index (κ1) is 14.1. The molecule has 112 valence electrons. The van der Waals surface area contributed by atoms with Gasteiger partial charge < -0.3 is 10.4 Å². The third-order valence-electron chi connectivity index (χ3n) is 4.87. The summed E-state index contributed by atoms with van der Waals surface area (Å²) in [6.45, 7) is 0. The summed E-state index contributed by atoms with van der Waals surface area (Å²) in [7, 11) is 0. The van der Waals surface area contributed by atoms with Gasteiger partial charge in [-0.05, 0) is 55.7 Å². The molecule has 2 saturated carbocycles. The van der Waals surface area contributed by atoms with Crippen molar-refractivity contribution in [3.05, 3.63) is 35.4 Å². The van der Waals surface area contributed by atoms with Crippen LogP contribution in [0.2, 0.25) is 0 Å². The number of amides is 1. The lowest BCUT2D eigenvalue weighted by Crippen LogP contribution is -2.33. The minimum absolute atomic E-state index is 0.00934. The normalized spacial score (nSPS) is 25.3. The van der Waals surface area contributed by atoms with Crippen LogP contribution in [0, 0.1) is 5.92 Å². The second-order valence-electron chi connectivity index (χ2n) is 6.27. The van der Waals surface area contributed by atoms with Gasteiger partial charge >= 0.3 is 5.97 Å². The van der Waals surface area contributed by atoms with Gasteiger partial charge in [-0.3, -0.25) is 9.59 Å². The van der Waals surface area contributed by atoms with Crippen LogP contribution < -0.4 is 5.32 Å². The summed E-state index contributed by atoms with van der Waals surface area (Å²) in [6, 6.07) is 7.85. The van der Waals surface area contributed by atoms with E-state index in [9.17, 15) is 9.59 Å². The molecule has 0 aliphatic heterocycles. The fourth-order valence-corrected chi connectivity index (χ4v) is 3.25. The fraction of sp³-hybridized carbons (Fsp3) is 0.529. The summed E-state index contributed by atoms with van der Waals surface area (Å²) in [6.07, 6.45) is 5.76. The zero-order chi connectivity index (χ0) is 14.8. The number of carbonyl (C=O) groups excluding carboxylic acids is 1. The molecule has 0 spiro atoms. The molecule has 4 heteroatoms. The van der Waals surface area contributed by atoms with E-state index < -0.39 is 5.97 Å². The number of benzene rings is 1. The van der Waals surface area contributed by atoms with E-state index >= 15 is 0 Å². The van der Waals surface area contributed by atoms with Crippen molar-refractivity contribution < 1.29 is 14.7 Å². The Morgan fingerprint density at radius 3 is 2.29 bits per heavy atom. The van der Waals surface area contributed by atoms with Crippen molar-refractivity contribution >= 4 is 11.9 Å². The molecule has 1 aromatic rings. The van der Waals surface area contributed by atoms with Gasteiger partial charge in [0.2, 0.25) is 0 Å². The van der Waals surface area contributed by atoms with Gasteiger partial charge in [0.1, 0.15) is 0 Å². The lowest BCUT2D eigenvalue weighted by Gasteiger charge is -2.25. The van der Waals surface area contributed by atoms with Crippen LogP contribution in [-0.4, -0.2) is 23.0 Å². The summed E-state index contributed by atoms with van der Waals surface area (Å²) in [5, 5.41) is 11.9. The highest BCUT2D eigenvalue weighted by Gasteiger charge is 2.30. The lowest BCUT2D eigenvalue weighted by molar-refractivity contribution is -0.141. The van der Waals surface area contributed by atoms with Gasteiger partial charge in [0, 0.05) is 11.6 Å². The van der Waals surface area contributed by atoms with Gasteiger partial charge in [0.25, 0.3) is 5.91 Å². The Labute approximate surface area is 124 Å². The average molecular weight is 287 g/mol. The van der Waals surface area contributed by atoms with E-state index in [0.717, 1.165) is 6.42 Å². The first-order chi connectivity index (χ1) is 10.1. The zero-order valence-electron chi connectivity index (χ0n) is 12.0. The molecule has 0 radical (unpaired) electrons. The van der Waals surface area contributed by atoms with E-state index in [-0.39, 0.29) is 17.9 Å². The molecule has 0 bridgehead atoms. The standard InChI is InChI=1S/C17H21NO3/c19-16(18-15-9-8-14(10-15)17(20)21)13-6-4-12(5-7-13)11-2-1-3-11/h4-7,11,14-15H,1-3,8-10H2,(H,18,19)(H,20,21)/t14-,15+/m0/s1. The molecule has 2 N–H and O–H groups in total. The molecular weight excluding hydrogens is 266 g/mol. The van der Waals surface area contributed by atoms with Crippen molar-refractivity contribution in [2.24, 2.45) is 5.92 Å². The Kier molecular flexibility index (Phi) is 3.95. The largest absolute Gasteiger partial charge is 0.481 e. The van der Waals surface area contributed by atoms with Crippen LogP contribution in [-0.2, 0) is 4.79 Å². The molecule has 2 aliphatic carbocycles. The number of hydrogen-bond donors (Lipinski definition) is 2. The van der Waals surface area contributed by atoms with Crippen LogP contribution in [0.1, 0.15) is 60.4 Å². The molecule has 2 aliphatic rings. The third-order valence-corrected chi connectivity index (χ3v) is 4.87. The Morgan fingerprint density at radius 1 is 1.05 bits per heavy atom. The highest BCUT2D eigenvalue weighted by molar-refractivity contribution is 5.94. The lowest BCUT2D eigenvalue weighted by atomic mass is 9.80. The van der Waals surface area contributed by atoms with E-state index in [1.807, 2.05) is 24.3 Å². The quantitative estimate of drug-likeness (QED) is 0.894. The number of rotatable bonds is 4. The summed E-state index contributed by atoms with van der Waals surface area (Å²) in [4.78, 5) is 23.1. The minimum Gasteiger partial charge on any atom is -0.481 e. The SMILES string of the molecule is O=C(N[C@@H]1CC[C@H](C(=O)O)C1)c1ccc(C2CCC2)cc1. The number of nitrogens with one attached hydrogen (secondary N) is 1. The van der Waals surface area contributed by atoms with E-state index in [1.54, 1.807) is 0 Å². The molecule has 21 heavy (non-hydrogen) atoms. The van der Waals surface area contributed by atoms with Crippen LogP contribution in [0.25, 0.3) is 0 Å². The third kappa shape index (κ3) is 3.09. The number of hydrogen-bond acceptors (Lipinski definition) is 2. The minimum atomic E-state index is -0.753. The maximum atomic E-state index is 12.2. The molecule has 2 atom stereocenters. The van der Waals surface area contributed by atoms with E-state index in [4.69, 9.17) is 5.11 Å². The Balaban J connectivity index is 1.56. The molecule has 3 rings (SSSR count). The van der Waals surface area contributed by atoms with Gasteiger partial charge in [-0.15, -0.1) is 0 Å². The van der Waals surface area contributed by atoms with Crippen LogP contribution >= 0.6 is 0 Å². The van der Waals surface area contributed by atoms with Gasteiger partial charge in [0.05, 0.1) is 5.92 Å². The van der Waals surface area contributed by atoms with Crippen molar-refractivity contribution in [2.75, 3.05) is 0 Å². The van der Waals surface area contributed by atoms with Crippen LogP contribution in [0.3, 0.4) is 0 Å². The second kappa shape index (κ2) is 5.88. The molecule has 1 amide bonds. The van der Waals surface area contributed by atoms with Gasteiger partial charge in [-0.1, -0.05) is 18.6 Å². The summed E-state index contributed by atoms with van der Waals surface area (Å²) in [5.74, 6) is -0.479. The maximum Gasteiger partial charge on any atom is 0.306 e. The van der Waals surface area contributed by atoms with E-state index in [0.29, 0.717) is 24.3 Å². The summed E-state index contributed by atoms with van der Waals surface area (Å²) in [5.41, 5.74) is 1.99. The monoisotopic (exact) mass is 287 g/mol. The first-order valence-electron chi connectivity index (χ1n) is 7.77. The predicted octanol–water partition coefficient (Wildman–Crippen LogP) is 2.94. The topological polar surface area (TPSA) is 66.4 Å². The average Bonchev–Trinajstić information content (AvgIpc) is 2.86. The number of carboxylic acid groups (broad SMARTS) is 1. The Hall–Kier alpha value is -1.84. The summed E-state index contributed by atoms with van der Waals surface area (Å²) >= 11 is 0. The van der Waals surface area contributed by atoms with Crippen molar-refractivity contribution in [3.63, 3.8) is 0 Å². The molecule has 1 aromatic carbocycles. The van der Waals surface area contributed by atoms with Crippen LogP contribution in [0.15, 0.2) is 24.3 Å². The van der Waals surface area contributed by atoms with Crippen LogP contribution in [0.4, 0.5) is 0 Å². The van der Waals surface area contributed by atoms with Gasteiger partial charge in [-0.25, -0.2) is 0 Å². The van der Waals surface area contributed by atoms with Gasteiger partial charge in [-0.2, -0.15) is 0 Å². The molecule has 0 unspecified atom stereocenters. The summed E-state index contributed by atoms with van der Waals surface area (Å²) < 4.78 is 0. The number of carboxylic acids is 1. The molecular formula is C17H21NO3. The first-order valence-corrected chi connectivity index (χ1v) is 7.77. The van der Waals surface area contributed by atoms with Gasteiger partial charge in [0.15, 0.2) is 0 Å². The molecule has 4 nitrogen and oxygen atoms in total. The molecule has 2 fully saturated rings. The number of aliphatic carboxylic acids is 1. The zero-order valence-corrected chi connectivity index (χ0v) is 12.0. The van der Waals surface area contributed by atoms with Crippen molar-refractivity contribution in [1.29, 1.82) is 0 Å². The smallest absolute Gasteiger partial charge is 0.306 e. The molecule has 0 aromatic heterocycles. The Bertz CT molecular complexity index is 533. The number of carbonyl (C=O) groups is 2. The second-order valence-corrected chi connectivity index (χ2v) is 6.27. The van der Waals surface area contributed by atoms with Crippen molar-refractivity contribution in [1.82, 2.24) is 5.32 Å². The molecule has 0 heterocycles. The van der Waals surface area contributed by atoms with E-state index in [2.05, 4.69) is 5.32 Å². The van der Waals surface area contributed by atoms with Crippen molar-refractivity contribution in [3.8, 4) is 0 Å². The molecule has 0 saturated heterocycles. The van der Waals surface area contributed by atoms with Crippen molar-refractivity contribution in [2.45, 2.75) is 50.5 Å². The highest BCUT2D eigenvalue weighted by Crippen LogP contribution is 2.36. The van der Waals surface area contributed by atoms with E-state index in [1.165, 1.54) is 24.8 Å². The Morgan fingerprint density at radius 2 is 1.76 bits per heavy atom. The maximum absolute atomic E-state index is 12.2. The van der Waals surface area contributed by atoms with Crippen LogP contribution in [0.5, 0.6) is 0 Å². The highest BCUT2D eigenvalue weighted by atomic mass is 16.4.